The normalized spacial score (nSPS) is 11.0. The van der Waals surface area contributed by atoms with Gasteiger partial charge in [-0.3, -0.25) is 4.79 Å². The average molecular weight is 423 g/mol. The first-order chi connectivity index (χ1) is 14.6. The van der Waals surface area contributed by atoms with Crippen LogP contribution in [0.2, 0.25) is 0 Å². The van der Waals surface area contributed by atoms with Crippen LogP contribution in [0.15, 0.2) is 47.6 Å². The molecule has 4 rings (SSSR count). The molecule has 154 valence electrons. The fraction of sp³-hybridized carbons (Fsp3) is 0.238. The van der Waals surface area contributed by atoms with Gasteiger partial charge in [-0.25, -0.2) is 4.98 Å². The Morgan fingerprint density at radius 1 is 1.10 bits per heavy atom. The standard InChI is InChI=1S/C21H21N5O3S/c1-4-26-15-8-6-5-7-14(15)19-20(26)23-21(25-24-19)30-12-18(27)22-13-9-10-16(28-2)17(11-13)29-3/h5-11H,4,12H2,1-3H3,(H,22,27). The van der Waals surface area contributed by atoms with E-state index in [-0.39, 0.29) is 11.7 Å². The lowest BCUT2D eigenvalue weighted by atomic mass is 10.2. The monoisotopic (exact) mass is 423 g/mol. The number of nitrogens with zero attached hydrogens (tertiary/aromatic N) is 4. The highest BCUT2D eigenvalue weighted by Gasteiger charge is 2.15. The van der Waals surface area contributed by atoms with Crippen molar-refractivity contribution in [2.45, 2.75) is 18.6 Å². The molecule has 8 nitrogen and oxygen atoms in total. The number of hydrogen-bond acceptors (Lipinski definition) is 7. The van der Waals surface area contributed by atoms with Gasteiger partial charge in [0.1, 0.15) is 5.52 Å². The van der Waals surface area contributed by atoms with Gasteiger partial charge in [-0.1, -0.05) is 30.0 Å². The molecule has 0 aliphatic heterocycles. The van der Waals surface area contributed by atoms with Crippen molar-refractivity contribution < 1.29 is 14.3 Å². The second kappa shape index (κ2) is 8.58. The molecule has 0 radical (unpaired) electrons. The van der Waals surface area contributed by atoms with Crippen molar-refractivity contribution in [1.29, 1.82) is 0 Å². The molecule has 0 fully saturated rings. The molecule has 1 amide bonds. The Morgan fingerprint density at radius 2 is 1.90 bits per heavy atom. The Labute approximate surface area is 177 Å². The van der Waals surface area contributed by atoms with Gasteiger partial charge in [0, 0.05) is 23.7 Å². The van der Waals surface area contributed by atoms with Crippen molar-refractivity contribution in [3.8, 4) is 11.5 Å². The summed E-state index contributed by atoms with van der Waals surface area (Å²) in [5.74, 6) is 1.14. The first-order valence-electron chi connectivity index (χ1n) is 9.41. The van der Waals surface area contributed by atoms with Crippen molar-refractivity contribution in [3.05, 3.63) is 42.5 Å². The summed E-state index contributed by atoms with van der Waals surface area (Å²) in [4.78, 5) is 17.0. The number of carbonyl (C=O) groups excluding carboxylic acids is 1. The number of benzene rings is 2. The third-order valence-electron chi connectivity index (χ3n) is 4.67. The van der Waals surface area contributed by atoms with Crippen molar-refractivity contribution >= 4 is 45.4 Å². The summed E-state index contributed by atoms with van der Waals surface area (Å²) < 4.78 is 12.6. The molecule has 2 heterocycles. The number of ether oxygens (including phenoxy) is 2. The number of aryl methyl sites for hydroxylation is 1. The van der Waals surface area contributed by atoms with Gasteiger partial charge in [0.15, 0.2) is 17.1 Å². The van der Waals surface area contributed by atoms with Gasteiger partial charge in [-0.05, 0) is 25.1 Å². The maximum Gasteiger partial charge on any atom is 0.234 e. The summed E-state index contributed by atoms with van der Waals surface area (Å²) in [7, 11) is 3.12. The number of aromatic nitrogens is 4. The van der Waals surface area contributed by atoms with Gasteiger partial charge < -0.3 is 19.4 Å². The fourth-order valence-corrected chi connectivity index (χ4v) is 3.89. The summed E-state index contributed by atoms with van der Waals surface area (Å²) in [5.41, 5.74) is 3.24. The van der Waals surface area contributed by atoms with Crippen LogP contribution in [0, 0.1) is 0 Å². The van der Waals surface area contributed by atoms with E-state index in [4.69, 9.17) is 9.47 Å². The number of rotatable bonds is 7. The number of anilines is 1. The third kappa shape index (κ3) is 3.76. The fourth-order valence-electron chi connectivity index (χ4n) is 3.31. The van der Waals surface area contributed by atoms with Crippen LogP contribution in [0.4, 0.5) is 5.69 Å². The number of carbonyl (C=O) groups is 1. The van der Waals surface area contributed by atoms with Gasteiger partial charge in [-0.2, -0.15) is 0 Å². The molecule has 30 heavy (non-hydrogen) atoms. The van der Waals surface area contributed by atoms with E-state index in [1.807, 2.05) is 24.3 Å². The second-order valence-corrected chi connectivity index (χ2v) is 7.38. The predicted molar refractivity (Wildman–Crippen MR) is 117 cm³/mol. The maximum absolute atomic E-state index is 12.4. The number of amides is 1. The highest BCUT2D eigenvalue weighted by molar-refractivity contribution is 7.99. The number of fused-ring (bicyclic) bond motifs is 3. The van der Waals surface area contributed by atoms with Crippen molar-refractivity contribution in [1.82, 2.24) is 19.7 Å². The number of thioether (sulfide) groups is 1. The molecule has 1 N–H and O–H groups in total. The zero-order chi connectivity index (χ0) is 21.1. The van der Waals surface area contributed by atoms with E-state index in [2.05, 4.69) is 32.0 Å². The van der Waals surface area contributed by atoms with Crippen LogP contribution < -0.4 is 14.8 Å². The molecular weight excluding hydrogens is 402 g/mol. The largest absolute Gasteiger partial charge is 0.493 e. The van der Waals surface area contributed by atoms with Gasteiger partial charge >= 0.3 is 0 Å². The minimum absolute atomic E-state index is 0.161. The van der Waals surface area contributed by atoms with E-state index < -0.39 is 0 Å². The lowest BCUT2D eigenvalue weighted by molar-refractivity contribution is -0.113. The molecule has 0 aliphatic rings. The van der Waals surface area contributed by atoms with E-state index in [1.165, 1.54) is 11.8 Å². The highest BCUT2D eigenvalue weighted by atomic mass is 32.2. The van der Waals surface area contributed by atoms with Crippen LogP contribution in [0.1, 0.15) is 6.92 Å². The quantitative estimate of drug-likeness (QED) is 0.453. The van der Waals surface area contributed by atoms with Gasteiger partial charge in [0.2, 0.25) is 11.1 Å². The molecule has 0 saturated heterocycles. The molecule has 0 saturated carbocycles. The van der Waals surface area contributed by atoms with Crippen LogP contribution in [0.3, 0.4) is 0 Å². The van der Waals surface area contributed by atoms with Gasteiger partial charge in [0.05, 0.1) is 25.5 Å². The first-order valence-corrected chi connectivity index (χ1v) is 10.4. The Kier molecular flexibility index (Phi) is 5.71. The number of hydrogen-bond donors (Lipinski definition) is 1. The number of nitrogens with one attached hydrogen (secondary N) is 1. The Morgan fingerprint density at radius 3 is 2.67 bits per heavy atom. The molecule has 0 unspecified atom stereocenters. The molecule has 2 aromatic carbocycles. The lowest BCUT2D eigenvalue weighted by Crippen LogP contribution is -2.14. The third-order valence-corrected chi connectivity index (χ3v) is 5.51. The molecule has 0 spiro atoms. The molecule has 9 heteroatoms. The van der Waals surface area contributed by atoms with Gasteiger partial charge in [-0.15, -0.1) is 10.2 Å². The van der Waals surface area contributed by atoms with E-state index in [0.29, 0.717) is 22.3 Å². The first kappa shape index (κ1) is 20.0. The van der Waals surface area contributed by atoms with Crippen LogP contribution in [-0.2, 0) is 11.3 Å². The molecule has 0 bridgehead atoms. The second-order valence-electron chi connectivity index (χ2n) is 6.43. The summed E-state index contributed by atoms with van der Waals surface area (Å²) in [6.45, 7) is 2.84. The Hall–Kier alpha value is -3.33. The minimum atomic E-state index is -0.174. The zero-order valence-corrected chi connectivity index (χ0v) is 17.7. The van der Waals surface area contributed by atoms with Crippen molar-refractivity contribution in [2.24, 2.45) is 0 Å². The van der Waals surface area contributed by atoms with Crippen LogP contribution in [0.5, 0.6) is 11.5 Å². The van der Waals surface area contributed by atoms with Crippen molar-refractivity contribution in [3.63, 3.8) is 0 Å². The number of methoxy groups -OCH3 is 2. The molecule has 0 atom stereocenters. The predicted octanol–water partition coefficient (Wildman–Crippen LogP) is 3.75. The summed E-state index contributed by atoms with van der Waals surface area (Å²) >= 11 is 1.24. The topological polar surface area (TPSA) is 91.2 Å². The lowest BCUT2D eigenvalue weighted by Gasteiger charge is -2.10. The number of para-hydroxylation sites is 1. The van der Waals surface area contributed by atoms with Crippen molar-refractivity contribution in [2.75, 3.05) is 25.3 Å². The van der Waals surface area contributed by atoms with E-state index >= 15 is 0 Å². The van der Waals surface area contributed by atoms with Crippen LogP contribution in [0.25, 0.3) is 22.1 Å². The zero-order valence-electron chi connectivity index (χ0n) is 16.9. The highest BCUT2D eigenvalue weighted by Crippen LogP contribution is 2.30. The van der Waals surface area contributed by atoms with E-state index in [1.54, 1.807) is 32.4 Å². The average Bonchev–Trinajstić information content (AvgIpc) is 3.10. The Bertz CT molecular complexity index is 1220. The molecule has 4 aromatic rings. The summed E-state index contributed by atoms with van der Waals surface area (Å²) in [6.07, 6.45) is 0. The molecule has 0 aliphatic carbocycles. The Balaban J connectivity index is 1.49. The SMILES string of the molecule is CCn1c2ccccc2c2nnc(SCC(=O)Nc3ccc(OC)c(OC)c3)nc21. The van der Waals surface area contributed by atoms with Crippen LogP contribution >= 0.6 is 11.8 Å². The van der Waals surface area contributed by atoms with Gasteiger partial charge in [0.25, 0.3) is 0 Å². The van der Waals surface area contributed by atoms with Crippen LogP contribution in [-0.4, -0.2) is 45.6 Å². The van der Waals surface area contributed by atoms with E-state index in [9.17, 15) is 4.79 Å². The summed E-state index contributed by atoms with van der Waals surface area (Å²) in [5, 5.41) is 12.9. The maximum atomic E-state index is 12.4. The molecule has 2 aromatic heterocycles. The summed E-state index contributed by atoms with van der Waals surface area (Å²) in [6, 6.07) is 13.2. The van der Waals surface area contributed by atoms with E-state index in [0.717, 1.165) is 28.6 Å². The molecular formula is C21H21N5O3S. The minimum Gasteiger partial charge on any atom is -0.493 e. The smallest absolute Gasteiger partial charge is 0.234 e.